The van der Waals surface area contributed by atoms with Crippen molar-refractivity contribution in [1.82, 2.24) is 0 Å². The lowest BCUT2D eigenvalue weighted by molar-refractivity contribution is 0.670. The van der Waals surface area contributed by atoms with E-state index >= 15 is 0 Å². The molecule has 0 saturated carbocycles. The Balaban J connectivity index is 1.11. The zero-order chi connectivity index (χ0) is 37.5. The summed E-state index contributed by atoms with van der Waals surface area (Å²) in [7, 11) is 0. The third-order valence-electron chi connectivity index (χ3n) is 12.3. The second-order valence-corrected chi connectivity index (χ2v) is 15.1. The molecule has 0 aliphatic heterocycles. The number of anilines is 3. The molecule has 0 saturated heterocycles. The van der Waals surface area contributed by atoms with E-state index in [4.69, 9.17) is 4.42 Å². The Kier molecular flexibility index (Phi) is 6.88. The topological polar surface area (TPSA) is 16.4 Å². The maximum atomic E-state index is 6.49. The summed E-state index contributed by atoms with van der Waals surface area (Å²) in [5, 5.41) is 2.27. The molecule has 12 rings (SSSR count). The second-order valence-electron chi connectivity index (χ2n) is 15.1. The molecule has 2 heteroatoms. The van der Waals surface area contributed by atoms with Crippen molar-refractivity contribution in [1.29, 1.82) is 0 Å². The van der Waals surface area contributed by atoms with E-state index < -0.39 is 5.41 Å². The summed E-state index contributed by atoms with van der Waals surface area (Å²) >= 11 is 0. The molecule has 57 heavy (non-hydrogen) atoms. The molecule has 1 aromatic heterocycles. The second kappa shape index (κ2) is 12.3. The Labute approximate surface area is 331 Å². The normalized spacial score (nSPS) is 13.1. The average Bonchev–Trinajstić information content (AvgIpc) is 3.92. The summed E-state index contributed by atoms with van der Waals surface area (Å²) < 4.78 is 6.49. The van der Waals surface area contributed by atoms with Crippen molar-refractivity contribution in [3.63, 3.8) is 0 Å². The fourth-order valence-corrected chi connectivity index (χ4v) is 10.0. The minimum Gasteiger partial charge on any atom is -0.455 e. The zero-order valence-electron chi connectivity index (χ0n) is 31.1. The molecule has 0 amide bonds. The van der Waals surface area contributed by atoms with Gasteiger partial charge in [0, 0.05) is 33.2 Å². The standard InChI is InChI=1S/C55H35NO/c1-2-16-36(17-3-1)39-18-7-12-29-50(39)56(38-34-32-37(33-35-38)40-23-14-24-44-43-21-8-13-31-52(43)57-54(40)44)51-30-15-28-49-53(51)45-22-6-11-27-48(45)55(49)46-25-9-4-19-41(46)42-20-5-10-26-47(42)55/h1-35H. The van der Waals surface area contributed by atoms with E-state index in [9.17, 15) is 0 Å². The van der Waals surface area contributed by atoms with Gasteiger partial charge in [-0.2, -0.15) is 0 Å². The van der Waals surface area contributed by atoms with Gasteiger partial charge in [0.15, 0.2) is 0 Å². The number of rotatable bonds is 5. The van der Waals surface area contributed by atoms with Crippen LogP contribution in [0.4, 0.5) is 17.1 Å². The Morgan fingerprint density at radius 1 is 0.333 bits per heavy atom. The monoisotopic (exact) mass is 725 g/mol. The van der Waals surface area contributed by atoms with Crippen LogP contribution in [0.15, 0.2) is 217 Å². The minimum atomic E-state index is -0.436. The summed E-state index contributed by atoms with van der Waals surface area (Å²) in [6.07, 6.45) is 0. The lowest BCUT2D eigenvalue weighted by Gasteiger charge is -2.32. The third kappa shape index (κ3) is 4.47. The first-order chi connectivity index (χ1) is 28.3. The van der Waals surface area contributed by atoms with Crippen molar-refractivity contribution in [3.05, 3.63) is 235 Å². The van der Waals surface area contributed by atoms with Gasteiger partial charge in [-0.15, -0.1) is 0 Å². The van der Waals surface area contributed by atoms with Gasteiger partial charge in [0.05, 0.1) is 16.8 Å². The largest absolute Gasteiger partial charge is 0.455 e. The van der Waals surface area contributed by atoms with Crippen LogP contribution in [-0.4, -0.2) is 0 Å². The van der Waals surface area contributed by atoms with Crippen LogP contribution in [0, 0.1) is 0 Å². The molecular formula is C55H35NO. The van der Waals surface area contributed by atoms with Gasteiger partial charge in [-0.05, 0) is 80.4 Å². The van der Waals surface area contributed by atoms with Crippen molar-refractivity contribution in [2.75, 3.05) is 4.90 Å². The molecule has 10 aromatic rings. The highest BCUT2D eigenvalue weighted by atomic mass is 16.3. The summed E-state index contributed by atoms with van der Waals surface area (Å²) in [4.78, 5) is 2.48. The minimum absolute atomic E-state index is 0.436. The van der Waals surface area contributed by atoms with Crippen molar-refractivity contribution < 1.29 is 4.42 Å². The number of hydrogen-bond donors (Lipinski definition) is 0. The van der Waals surface area contributed by atoms with Gasteiger partial charge in [-0.25, -0.2) is 0 Å². The fraction of sp³-hybridized carbons (Fsp3) is 0.0182. The van der Waals surface area contributed by atoms with Crippen LogP contribution < -0.4 is 4.90 Å². The first-order valence-electron chi connectivity index (χ1n) is 19.7. The van der Waals surface area contributed by atoms with Crippen molar-refractivity contribution in [2.45, 2.75) is 5.41 Å². The molecule has 1 heterocycles. The molecule has 0 bridgehead atoms. The van der Waals surface area contributed by atoms with Gasteiger partial charge in [-0.1, -0.05) is 182 Å². The maximum Gasteiger partial charge on any atom is 0.143 e. The van der Waals surface area contributed by atoms with Crippen molar-refractivity contribution in [3.8, 4) is 44.5 Å². The number of benzene rings is 9. The van der Waals surface area contributed by atoms with Crippen molar-refractivity contribution >= 4 is 39.0 Å². The predicted molar refractivity (Wildman–Crippen MR) is 236 cm³/mol. The van der Waals surface area contributed by atoms with Crippen molar-refractivity contribution in [2.24, 2.45) is 0 Å². The average molecular weight is 726 g/mol. The van der Waals surface area contributed by atoms with Crippen LogP contribution in [-0.2, 0) is 5.41 Å². The molecule has 0 atom stereocenters. The molecule has 0 N–H and O–H groups in total. The quantitative estimate of drug-likeness (QED) is 0.176. The van der Waals surface area contributed by atoms with E-state index in [0.717, 1.165) is 50.1 Å². The number of fused-ring (bicyclic) bond motifs is 13. The van der Waals surface area contributed by atoms with E-state index in [-0.39, 0.29) is 0 Å². The molecular weight excluding hydrogens is 691 g/mol. The molecule has 266 valence electrons. The summed E-state index contributed by atoms with van der Waals surface area (Å²) in [5.41, 5.74) is 19.8. The lowest BCUT2D eigenvalue weighted by Crippen LogP contribution is -2.26. The first-order valence-corrected chi connectivity index (χ1v) is 19.7. The molecule has 2 aliphatic rings. The fourth-order valence-electron chi connectivity index (χ4n) is 10.0. The third-order valence-corrected chi connectivity index (χ3v) is 12.3. The molecule has 1 spiro atoms. The first kappa shape index (κ1) is 31.9. The van der Waals surface area contributed by atoms with Gasteiger partial charge in [0.1, 0.15) is 11.2 Å². The van der Waals surface area contributed by atoms with E-state index in [0.29, 0.717) is 0 Å². The lowest BCUT2D eigenvalue weighted by atomic mass is 9.70. The highest BCUT2D eigenvalue weighted by molar-refractivity contribution is 6.10. The summed E-state index contributed by atoms with van der Waals surface area (Å²) in [6, 6.07) is 77.4. The van der Waals surface area contributed by atoms with E-state index in [1.54, 1.807) is 0 Å². The van der Waals surface area contributed by atoms with Gasteiger partial charge in [0.25, 0.3) is 0 Å². The van der Waals surface area contributed by atoms with E-state index in [1.807, 2.05) is 12.1 Å². The Morgan fingerprint density at radius 2 is 0.842 bits per heavy atom. The van der Waals surface area contributed by atoms with Gasteiger partial charge >= 0.3 is 0 Å². The SMILES string of the molecule is c1ccc(-c2ccccc2N(c2ccc(-c3cccc4c3oc3ccccc34)cc2)c2cccc3c2-c2ccccc2C32c3ccccc3-c3ccccc32)cc1. The predicted octanol–water partition coefficient (Wildman–Crippen LogP) is 14.7. The van der Waals surface area contributed by atoms with Crippen LogP contribution in [0.5, 0.6) is 0 Å². The Bertz CT molecular complexity index is 3140. The number of hydrogen-bond acceptors (Lipinski definition) is 2. The van der Waals surface area contributed by atoms with Crippen LogP contribution in [0.1, 0.15) is 22.3 Å². The van der Waals surface area contributed by atoms with E-state index in [2.05, 4.69) is 205 Å². The van der Waals surface area contributed by atoms with Crippen LogP contribution >= 0.6 is 0 Å². The molecule has 0 unspecified atom stereocenters. The number of para-hydroxylation sites is 3. The molecule has 2 nitrogen and oxygen atoms in total. The molecule has 9 aromatic carbocycles. The molecule has 0 fully saturated rings. The van der Waals surface area contributed by atoms with Gasteiger partial charge in [0.2, 0.25) is 0 Å². The molecule has 2 aliphatic carbocycles. The summed E-state index contributed by atoms with van der Waals surface area (Å²) in [5.74, 6) is 0. The number of furan rings is 1. The maximum absolute atomic E-state index is 6.49. The number of nitrogens with zero attached hydrogens (tertiary/aromatic N) is 1. The Hall–Kier alpha value is -7.42. The molecule has 0 radical (unpaired) electrons. The highest BCUT2D eigenvalue weighted by Gasteiger charge is 2.52. The van der Waals surface area contributed by atoms with Crippen LogP contribution in [0.25, 0.3) is 66.4 Å². The van der Waals surface area contributed by atoms with Crippen LogP contribution in [0.3, 0.4) is 0 Å². The highest BCUT2D eigenvalue weighted by Crippen LogP contribution is 2.64. The Morgan fingerprint density at radius 3 is 1.60 bits per heavy atom. The smallest absolute Gasteiger partial charge is 0.143 e. The van der Waals surface area contributed by atoms with E-state index in [1.165, 1.54) is 55.6 Å². The van der Waals surface area contributed by atoms with Crippen LogP contribution in [0.2, 0.25) is 0 Å². The van der Waals surface area contributed by atoms with Gasteiger partial charge in [-0.3, -0.25) is 0 Å². The summed E-state index contributed by atoms with van der Waals surface area (Å²) in [6.45, 7) is 0. The zero-order valence-corrected chi connectivity index (χ0v) is 31.1. The van der Waals surface area contributed by atoms with Gasteiger partial charge < -0.3 is 9.32 Å².